The first kappa shape index (κ1) is 21.6. The summed E-state index contributed by atoms with van der Waals surface area (Å²) in [7, 11) is 0. The maximum absolute atomic E-state index is 12.5. The molecule has 8 heteroatoms. The number of anilines is 1. The second kappa shape index (κ2) is 10.6. The number of piperazine rings is 1. The van der Waals surface area contributed by atoms with Crippen molar-refractivity contribution in [1.82, 2.24) is 15.4 Å². The van der Waals surface area contributed by atoms with Gasteiger partial charge in [0.2, 0.25) is 0 Å². The van der Waals surface area contributed by atoms with Gasteiger partial charge in [-0.15, -0.1) is 5.48 Å². The van der Waals surface area contributed by atoms with Crippen LogP contribution in [0, 0.1) is 0 Å². The van der Waals surface area contributed by atoms with E-state index < -0.39 is 18.1 Å². The monoisotopic (exact) mass is 412 g/mol. The molecule has 2 aromatic rings. The minimum atomic E-state index is -0.784. The van der Waals surface area contributed by atoms with E-state index in [1.807, 2.05) is 48.5 Å². The fourth-order valence-electron chi connectivity index (χ4n) is 3.18. The lowest BCUT2D eigenvalue weighted by molar-refractivity contribution is -0.153. The average Bonchev–Trinajstić information content (AvgIpc) is 2.77. The van der Waals surface area contributed by atoms with Crippen LogP contribution < -0.4 is 10.4 Å². The molecule has 1 saturated heterocycles. The summed E-state index contributed by atoms with van der Waals surface area (Å²) in [5, 5.41) is 0. The summed E-state index contributed by atoms with van der Waals surface area (Å²) in [4.78, 5) is 38.3. The molecule has 160 valence electrons. The van der Waals surface area contributed by atoms with Crippen LogP contribution >= 0.6 is 0 Å². The van der Waals surface area contributed by atoms with Crippen molar-refractivity contribution in [2.75, 3.05) is 31.1 Å². The molecular formula is C22H28N4O4. The molecule has 1 amide bonds. The van der Waals surface area contributed by atoms with E-state index in [0.717, 1.165) is 11.4 Å². The molecule has 8 nitrogen and oxygen atoms in total. The van der Waals surface area contributed by atoms with E-state index in [0.29, 0.717) is 32.6 Å². The van der Waals surface area contributed by atoms with E-state index in [4.69, 9.17) is 9.57 Å². The van der Waals surface area contributed by atoms with E-state index in [1.54, 1.807) is 24.9 Å². The van der Waals surface area contributed by atoms with E-state index in [2.05, 4.69) is 15.4 Å². The van der Waals surface area contributed by atoms with Crippen LogP contribution in [-0.2, 0) is 20.8 Å². The summed E-state index contributed by atoms with van der Waals surface area (Å²) in [5.41, 5.74) is 3.56. The van der Waals surface area contributed by atoms with Crippen molar-refractivity contribution < 1.29 is 19.2 Å². The van der Waals surface area contributed by atoms with E-state index in [-0.39, 0.29) is 6.10 Å². The van der Waals surface area contributed by atoms with Crippen LogP contribution in [-0.4, -0.2) is 60.3 Å². The lowest BCUT2D eigenvalue weighted by Crippen LogP contribution is -2.51. The predicted octanol–water partition coefficient (Wildman–Crippen LogP) is 2.41. The van der Waals surface area contributed by atoms with Crippen molar-refractivity contribution in [2.45, 2.75) is 32.4 Å². The molecule has 1 aliphatic heterocycles. The third-order valence-corrected chi connectivity index (χ3v) is 4.72. The van der Waals surface area contributed by atoms with Gasteiger partial charge >= 0.3 is 12.1 Å². The number of amides is 1. The largest absolute Gasteiger partial charge is 0.462 e. The molecule has 0 spiro atoms. The number of hydroxylamine groups is 1. The summed E-state index contributed by atoms with van der Waals surface area (Å²) in [5.74, 6) is 0.435. The quantitative estimate of drug-likeness (QED) is 0.552. The lowest BCUT2D eigenvalue weighted by atomic mass is 10.1. The Balaban J connectivity index is 1.53. The van der Waals surface area contributed by atoms with Gasteiger partial charge in [0, 0.05) is 38.8 Å². The van der Waals surface area contributed by atoms with Crippen molar-refractivity contribution in [3.05, 3.63) is 60.3 Å². The van der Waals surface area contributed by atoms with Crippen LogP contribution in [0.25, 0.3) is 0 Å². The SMILES string of the molecule is CC(C)OC(=O)[C@H](Cc1ccccc1)NOC(=O)N1CCN(c2ccccn2)CC1. The second-order valence-corrected chi connectivity index (χ2v) is 7.38. The molecule has 1 atom stereocenters. The first-order valence-corrected chi connectivity index (χ1v) is 10.1. The zero-order valence-corrected chi connectivity index (χ0v) is 17.4. The number of ether oxygens (including phenoxy) is 1. The Morgan fingerprint density at radius 1 is 1.03 bits per heavy atom. The standard InChI is InChI=1S/C22H28N4O4/c1-17(2)29-21(27)19(16-18-8-4-3-5-9-18)24-30-22(28)26-14-12-25(13-15-26)20-10-6-7-11-23-20/h3-11,17,19,24H,12-16H2,1-2H3/t19-/m0/s1. The Bertz CT molecular complexity index is 808. The van der Waals surface area contributed by atoms with Crippen LogP contribution in [0.5, 0.6) is 0 Å². The van der Waals surface area contributed by atoms with E-state index in [9.17, 15) is 9.59 Å². The van der Waals surface area contributed by atoms with Crippen molar-refractivity contribution >= 4 is 17.9 Å². The smallest absolute Gasteiger partial charge is 0.428 e. The summed E-state index contributed by atoms with van der Waals surface area (Å²) < 4.78 is 5.31. The normalized spacial score (nSPS) is 15.0. The van der Waals surface area contributed by atoms with Crippen molar-refractivity contribution in [3.8, 4) is 0 Å². The molecule has 1 aromatic heterocycles. The Labute approximate surface area is 176 Å². The summed E-state index contributed by atoms with van der Waals surface area (Å²) in [6, 6.07) is 14.5. The number of nitrogens with zero attached hydrogens (tertiary/aromatic N) is 3. The number of esters is 1. The molecule has 0 unspecified atom stereocenters. The molecule has 2 heterocycles. The fraction of sp³-hybridized carbons (Fsp3) is 0.409. The highest BCUT2D eigenvalue weighted by atomic mass is 16.7. The Hall–Kier alpha value is -3.13. The minimum absolute atomic E-state index is 0.257. The molecule has 1 fully saturated rings. The highest BCUT2D eigenvalue weighted by Crippen LogP contribution is 2.13. The Kier molecular flexibility index (Phi) is 7.62. The third-order valence-electron chi connectivity index (χ3n) is 4.72. The molecule has 1 aliphatic rings. The van der Waals surface area contributed by atoms with Gasteiger partial charge in [0.25, 0.3) is 0 Å². The molecular weight excluding hydrogens is 384 g/mol. The first-order chi connectivity index (χ1) is 14.5. The van der Waals surface area contributed by atoms with Gasteiger partial charge in [-0.05, 0) is 31.5 Å². The third kappa shape index (κ3) is 6.18. The van der Waals surface area contributed by atoms with Gasteiger partial charge in [0.1, 0.15) is 11.9 Å². The highest BCUT2D eigenvalue weighted by Gasteiger charge is 2.27. The van der Waals surface area contributed by atoms with Gasteiger partial charge in [-0.3, -0.25) is 4.79 Å². The molecule has 1 aromatic carbocycles. The van der Waals surface area contributed by atoms with Gasteiger partial charge < -0.3 is 19.4 Å². The number of pyridine rings is 1. The number of aromatic nitrogens is 1. The molecule has 1 N–H and O–H groups in total. The predicted molar refractivity (Wildman–Crippen MR) is 113 cm³/mol. The zero-order valence-electron chi connectivity index (χ0n) is 17.4. The number of hydrogen-bond acceptors (Lipinski definition) is 7. The summed E-state index contributed by atoms with van der Waals surface area (Å²) in [6.45, 7) is 5.91. The van der Waals surface area contributed by atoms with Crippen LogP contribution in [0.3, 0.4) is 0 Å². The Morgan fingerprint density at radius 2 is 1.73 bits per heavy atom. The summed E-state index contributed by atoms with van der Waals surface area (Å²) >= 11 is 0. The van der Waals surface area contributed by atoms with Gasteiger partial charge in [0.15, 0.2) is 0 Å². The van der Waals surface area contributed by atoms with Crippen LogP contribution in [0.15, 0.2) is 54.7 Å². The molecule has 0 saturated carbocycles. The van der Waals surface area contributed by atoms with Gasteiger partial charge in [-0.2, -0.15) is 0 Å². The van der Waals surface area contributed by atoms with Gasteiger partial charge in [-0.1, -0.05) is 36.4 Å². The van der Waals surface area contributed by atoms with Crippen molar-refractivity contribution in [3.63, 3.8) is 0 Å². The molecule has 0 radical (unpaired) electrons. The topological polar surface area (TPSA) is 84.0 Å². The van der Waals surface area contributed by atoms with Crippen molar-refractivity contribution in [2.24, 2.45) is 0 Å². The van der Waals surface area contributed by atoms with Crippen LogP contribution in [0.1, 0.15) is 19.4 Å². The van der Waals surface area contributed by atoms with E-state index >= 15 is 0 Å². The number of nitrogens with one attached hydrogen (secondary N) is 1. The highest BCUT2D eigenvalue weighted by molar-refractivity contribution is 5.76. The van der Waals surface area contributed by atoms with Gasteiger partial charge in [0.05, 0.1) is 6.10 Å². The average molecular weight is 412 g/mol. The maximum Gasteiger partial charge on any atom is 0.428 e. The zero-order chi connectivity index (χ0) is 21.3. The number of hydrogen-bond donors (Lipinski definition) is 1. The maximum atomic E-state index is 12.5. The number of carbonyl (C=O) groups is 2. The van der Waals surface area contributed by atoms with Crippen LogP contribution in [0.4, 0.5) is 10.6 Å². The minimum Gasteiger partial charge on any atom is -0.462 e. The number of rotatable bonds is 7. The van der Waals surface area contributed by atoms with Crippen molar-refractivity contribution in [1.29, 1.82) is 0 Å². The number of carbonyl (C=O) groups excluding carboxylic acids is 2. The molecule has 0 bridgehead atoms. The second-order valence-electron chi connectivity index (χ2n) is 7.38. The molecule has 0 aliphatic carbocycles. The first-order valence-electron chi connectivity index (χ1n) is 10.1. The summed E-state index contributed by atoms with van der Waals surface area (Å²) in [6.07, 6.45) is 1.34. The van der Waals surface area contributed by atoms with E-state index in [1.165, 1.54) is 0 Å². The van der Waals surface area contributed by atoms with Crippen LogP contribution in [0.2, 0.25) is 0 Å². The molecule has 30 heavy (non-hydrogen) atoms. The molecule has 3 rings (SSSR count). The van der Waals surface area contributed by atoms with Gasteiger partial charge in [-0.25, -0.2) is 9.78 Å². The lowest BCUT2D eigenvalue weighted by Gasteiger charge is -2.34. The Morgan fingerprint density at radius 3 is 2.37 bits per heavy atom. The number of benzene rings is 1. The fourth-order valence-corrected chi connectivity index (χ4v) is 3.18.